The molecule has 4 nitrogen and oxygen atoms in total. The van der Waals surface area contributed by atoms with E-state index in [2.05, 4.69) is 26.1 Å². The van der Waals surface area contributed by atoms with E-state index in [0.29, 0.717) is 11.5 Å². The van der Waals surface area contributed by atoms with Crippen molar-refractivity contribution in [3.05, 3.63) is 24.3 Å². The van der Waals surface area contributed by atoms with Crippen LogP contribution in [-0.4, -0.2) is 24.2 Å². The summed E-state index contributed by atoms with van der Waals surface area (Å²) in [6.45, 7) is 10.8. The fourth-order valence-corrected chi connectivity index (χ4v) is 2.93. The highest BCUT2D eigenvalue weighted by molar-refractivity contribution is 5.82. The number of nitrogens with one attached hydrogen (secondary N) is 1. The van der Waals surface area contributed by atoms with Crippen LogP contribution in [0.15, 0.2) is 24.3 Å². The first kappa shape index (κ1) is 15.7. The molecule has 1 aromatic carbocycles. The molecule has 0 saturated carbocycles. The van der Waals surface area contributed by atoms with E-state index in [4.69, 9.17) is 9.47 Å². The highest BCUT2D eigenvalue weighted by Crippen LogP contribution is 2.31. The Labute approximate surface area is 126 Å². The van der Waals surface area contributed by atoms with Crippen molar-refractivity contribution in [3.8, 4) is 11.5 Å². The highest BCUT2D eigenvalue weighted by Gasteiger charge is 2.33. The second-order valence-electron chi connectivity index (χ2n) is 7.47. The molecule has 1 heterocycles. The Bertz CT molecular complexity index is 517. The van der Waals surface area contributed by atoms with Gasteiger partial charge in [0, 0.05) is 5.54 Å². The van der Waals surface area contributed by atoms with Crippen molar-refractivity contribution in [2.24, 2.45) is 5.41 Å². The zero-order valence-electron chi connectivity index (χ0n) is 13.5. The van der Waals surface area contributed by atoms with Gasteiger partial charge in [-0.1, -0.05) is 32.9 Å². The summed E-state index contributed by atoms with van der Waals surface area (Å²) in [5.74, 6) is 1.19. The molecule has 1 aliphatic rings. The number of carbonyl (C=O) groups is 1. The summed E-state index contributed by atoms with van der Waals surface area (Å²) < 4.78 is 11.3. The van der Waals surface area contributed by atoms with Crippen molar-refractivity contribution in [2.45, 2.75) is 52.7 Å². The monoisotopic (exact) mass is 291 g/mol. The lowest BCUT2D eigenvalue weighted by Crippen LogP contribution is -2.53. The fourth-order valence-electron chi connectivity index (χ4n) is 2.93. The molecule has 21 heavy (non-hydrogen) atoms. The molecule has 1 amide bonds. The maximum Gasteiger partial charge on any atom is 0.265 e. The molecule has 1 N–H and O–H groups in total. The minimum Gasteiger partial charge on any atom is -0.485 e. The lowest BCUT2D eigenvalue weighted by Gasteiger charge is -2.35. The molecule has 4 heteroatoms. The molecule has 1 aromatic rings. The van der Waals surface area contributed by atoms with E-state index in [0.717, 1.165) is 6.42 Å². The summed E-state index contributed by atoms with van der Waals surface area (Å²) in [4.78, 5) is 12.4. The molecule has 0 radical (unpaired) electrons. The van der Waals surface area contributed by atoms with Gasteiger partial charge in [0.25, 0.3) is 5.91 Å². The van der Waals surface area contributed by atoms with Gasteiger partial charge in [-0.05, 0) is 37.8 Å². The number of carbonyl (C=O) groups excluding carboxylic acids is 1. The van der Waals surface area contributed by atoms with E-state index in [9.17, 15) is 4.79 Å². The number of fused-ring (bicyclic) bond motifs is 1. The standard InChI is InChI=1S/C17H25NO3/c1-16(2,3)11-17(4,5)18-15(19)14-10-20-12-8-6-7-9-13(12)21-14/h6-9,14H,10-11H2,1-5H3,(H,18,19)/t14-/m0/s1. The van der Waals surface area contributed by atoms with Crippen LogP contribution >= 0.6 is 0 Å². The summed E-state index contributed by atoms with van der Waals surface area (Å²) in [5.41, 5.74) is -0.136. The van der Waals surface area contributed by atoms with E-state index in [1.807, 2.05) is 38.1 Å². The third-order valence-corrected chi connectivity index (χ3v) is 3.23. The van der Waals surface area contributed by atoms with Crippen molar-refractivity contribution < 1.29 is 14.3 Å². The van der Waals surface area contributed by atoms with Gasteiger partial charge < -0.3 is 14.8 Å². The predicted octanol–water partition coefficient (Wildman–Crippen LogP) is 3.16. The van der Waals surface area contributed by atoms with Gasteiger partial charge in [-0.3, -0.25) is 4.79 Å². The van der Waals surface area contributed by atoms with Gasteiger partial charge in [0.05, 0.1) is 0 Å². The molecule has 0 aliphatic carbocycles. The number of rotatable bonds is 3. The van der Waals surface area contributed by atoms with Crippen LogP contribution < -0.4 is 14.8 Å². The second-order valence-corrected chi connectivity index (χ2v) is 7.47. The van der Waals surface area contributed by atoms with Gasteiger partial charge in [-0.25, -0.2) is 0 Å². The minimum absolute atomic E-state index is 0.126. The summed E-state index contributed by atoms with van der Waals surface area (Å²) in [6, 6.07) is 7.41. The minimum atomic E-state index is -0.598. The van der Waals surface area contributed by atoms with E-state index in [-0.39, 0.29) is 23.5 Å². The summed E-state index contributed by atoms with van der Waals surface area (Å²) in [7, 11) is 0. The molecule has 0 bridgehead atoms. The van der Waals surface area contributed by atoms with Gasteiger partial charge in [-0.2, -0.15) is 0 Å². The van der Waals surface area contributed by atoms with E-state index in [1.165, 1.54) is 0 Å². The average molecular weight is 291 g/mol. The topological polar surface area (TPSA) is 47.6 Å². The van der Waals surface area contributed by atoms with E-state index < -0.39 is 6.10 Å². The Balaban J connectivity index is 1.99. The number of amides is 1. The first-order valence-electron chi connectivity index (χ1n) is 7.37. The molecule has 2 rings (SSSR count). The van der Waals surface area contributed by atoms with Crippen LogP contribution in [-0.2, 0) is 4.79 Å². The summed E-state index contributed by atoms with van der Waals surface area (Å²) in [6.07, 6.45) is 0.287. The van der Waals surface area contributed by atoms with Gasteiger partial charge in [0.15, 0.2) is 11.5 Å². The van der Waals surface area contributed by atoms with Crippen molar-refractivity contribution in [1.29, 1.82) is 0 Å². The molecule has 1 aliphatic heterocycles. The average Bonchev–Trinajstić information content (AvgIpc) is 2.34. The second kappa shape index (κ2) is 5.58. The first-order valence-corrected chi connectivity index (χ1v) is 7.37. The quantitative estimate of drug-likeness (QED) is 0.930. The lowest BCUT2D eigenvalue weighted by molar-refractivity contribution is -0.132. The van der Waals surface area contributed by atoms with Crippen molar-refractivity contribution in [1.82, 2.24) is 5.32 Å². The maximum absolute atomic E-state index is 12.4. The third-order valence-electron chi connectivity index (χ3n) is 3.23. The number of benzene rings is 1. The molecule has 116 valence electrons. The van der Waals surface area contributed by atoms with Gasteiger partial charge in [-0.15, -0.1) is 0 Å². The zero-order valence-corrected chi connectivity index (χ0v) is 13.5. The van der Waals surface area contributed by atoms with Crippen LogP contribution in [0.3, 0.4) is 0 Å². The lowest BCUT2D eigenvalue weighted by atomic mass is 9.81. The summed E-state index contributed by atoms with van der Waals surface area (Å²) >= 11 is 0. The van der Waals surface area contributed by atoms with Crippen molar-refractivity contribution in [2.75, 3.05) is 6.61 Å². The van der Waals surface area contributed by atoms with Crippen LogP contribution in [0.4, 0.5) is 0 Å². The van der Waals surface area contributed by atoms with Crippen LogP contribution in [0.25, 0.3) is 0 Å². The van der Waals surface area contributed by atoms with Crippen LogP contribution in [0.5, 0.6) is 11.5 Å². The van der Waals surface area contributed by atoms with Crippen molar-refractivity contribution >= 4 is 5.91 Å². The molecule has 0 saturated heterocycles. The Morgan fingerprint density at radius 3 is 2.43 bits per heavy atom. The predicted molar refractivity (Wildman–Crippen MR) is 82.6 cm³/mol. The maximum atomic E-state index is 12.4. The number of para-hydroxylation sites is 2. The Morgan fingerprint density at radius 1 is 1.19 bits per heavy atom. The Morgan fingerprint density at radius 2 is 1.81 bits per heavy atom. The molecule has 0 unspecified atom stereocenters. The molecular weight excluding hydrogens is 266 g/mol. The molecule has 0 spiro atoms. The zero-order chi connectivity index (χ0) is 15.7. The van der Waals surface area contributed by atoms with Crippen LogP contribution in [0.2, 0.25) is 0 Å². The fraction of sp³-hybridized carbons (Fsp3) is 0.588. The normalized spacial score (nSPS) is 18.2. The van der Waals surface area contributed by atoms with Gasteiger partial charge in [0.2, 0.25) is 6.10 Å². The Hall–Kier alpha value is -1.71. The van der Waals surface area contributed by atoms with Crippen LogP contribution in [0, 0.1) is 5.41 Å². The number of hydrogen-bond acceptors (Lipinski definition) is 3. The molecule has 0 aromatic heterocycles. The molecule has 1 atom stereocenters. The van der Waals surface area contributed by atoms with Gasteiger partial charge in [0.1, 0.15) is 6.61 Å². The van der Waals surface area contributed by atoms with Crippen molar-refractivity contribution in [3.63, 3.8) is 0 Å². The largest absolute Gasteiger partial charge is 0.485 e. The number of ether oxygens (including phenoxy) is 2. The Kier molecular flexibility index (Phi) is 4.17. The third kappa shape index (κ3) is 4.38. The summed E-state index contributed by atoms with van der Waals surface area (Å²) in [5, 5.41) is 3.07. The number of hydrogen-bond donors (Lipinski definition) is 1. The van der Waals surface area contributed by atoms with Crippen LogP contribution in [0.1, 0.15) is 41.0 Å². The van der Waals surface area contributed by atoms with E-state index >= 15 is 0 Å². The van der Waals surface area contributed by atoms with E-state index in [1.54, 1.807) is 0 Å². The first-order chi connectivity index (χ1) is 9.66. The SMILES string of the molecule is CC(C)(C)CC(C)(C)NC(=O)[C@@H]1COc2ccccc2O1. The van der Waals surface area contributed by atoms with Gasteiger partial charge >= 0.3 is 0 Å². The molecular formula is C17H25NO3. The molecule has 0 fully saturated rings. The highest BCUT2D eigenvalue weighted by atomic mass is 16.6. The smallest absolute Gasteiger partial charge is 0.265 e.